The van der Waals surface area contributed by atoms with Crippen LogP contribution >= 0.6 is 11.6 Å². The summed E-state index contributed by atoms with van der Waals surface area (Å²) in [5, 5.41) is 0.753. The van der Waals surface area contributed by atoms with Gasteiger partial charge in [-0.2, -0.15) is 0 Å². The van der Waals surface area contributed by atoms with Gasteiger partial charge in [0.2, 0.25) is 6.41 Å². The van der Waals surface area contributed by atoms with Crippen LogP contribution in [0.25, 0.3) is 0 Å². The number of piperazine rings is 2. The highest BCUT2D eigenvalue weighted by Gasteiger charge is 2.26. The van der Waals surface area contributed by atoms with Crippen molar-refractivity contribution in [3.8, 4) is 0 Å². The molecule has 0 saturated carbocycles. The summed E-state index contributed by atoms with van der Waals surface area (Å²) in [6.07, 6.45) is 0.746. The second kappa shape index (κ2) is 14.4. The molecule has 1 aromatic carbocycles. The Morgan fingerprint density at radius 1 is 1.09 bits per heavy atom. The van der Waals surface area contributed by atoms with E-state index in [0.29, 0.717) is 6.04 Å². The third-order valence-corrected chi connectivity index (χ3v) is 5.92. The Hall–Kier alpha value is -1.99. The lowest BCUT2D eigenvalue weighted by molar-refractivity contribution is -0.120. The molecule has 7 nitrogen and oxygen atoms in total. The molecule has 0 spiro atoms. The van der Waals surface area contributed by atoms with Crippen LogP contribution in [0.2, 0.25) is 5.02 Å². The van der Waals surface area contributed by atoms with Gasteiger partial charge in [-0.15, -0.1) is 0 Å². The smallest absolute Gasteiger partial charge is 0.410 e. The summed E-state index contributed by atoms with van der Waals surface area (Å²) in [6, 6.07) is 8.65. The topological polar surface area (TPSA) is 56.3 Å². The van der Waals surface area contributed by atoms with E-state index < -0.39 is 5.60 Å². The molecule has 1 unspecified atom stereocenters. The van der Waals surface area contributed by atoms with Crippen molar-refractivity contribution in [2.24, 2.45) is 0 Å². The van der Waals surface area contributed by atoms with Gasteiger partial charge >= 0.3 is 6.09 Å². The molecule has 0 N–H and O–H groups in total. The van der Waals surface area contributed by atoms with E-state index in [1.165, 1.54) is 0 Å². The zero-order valence-electron chi connectivity index (χ0n) is 22.4. The van der Waals surface area contributed by atoms with Gasteiger partial charge in [0.05, 0.1) is 0 Å². The first kappa shape index (κ1) is 30.0. The van der Waals surface area contributed by atoms with Crippen LogP contribution in [-0.2, 0) is 9.53 Å². The van der Waals surface area contributed by atoms with Crippen molar-refractivity contribution in [2.75, 3.05) is 50.7 Å². The van der Waals surface area contributed by atoms with Gasteiger partial charge in [-0.3, -0.25) is 9.69 Å². The van der Waals surface area contributed by atoms with Crippen molar-refractivity contribution in [1.82, 2.24) is 14.7 Å². The highest BCUT2D eigenvalue weighted by Crippen LogP contribution is 2.22. The average Bonchev–Trinajstić information content (AvgIpc) is 2.80. The maximum Gasteiger partial charge on any atom is 0.410 e. The molecular weight excluding hydrogens is 452 g/mol. The maximum absolute atomic E-state index is 11.8. The molecule has 2 heterocycles. The van der Waals surface area contributed by atoms with Crippen LogP contribution in [0.4, 0.5) is 10.5 Å². The number of rotatable bonds is 3. The molecule has 2 fully saturated rings. The van der Waals surface area contributed by atoms with Gasteiger partial charge in [0.15, 0.2) is 0 Å². The Morgan fingerprint density at radius 3 is 2.18 bits per heavy atom. The van der Waals surface area contributed by atoms with E-state index in [2.05, 4.69) is 36.6 Å². The molecule has 2 aliphatic rings. The predicted octanol–water partition coefficient (Wildman–Crippen LogP) is 4.98. The molecule has 194 valence electrons. The second-order valence-electron chi connectivity index (χ2n) is 9.72. The fourth-order valence-electron chi connectivity index (χ4n) is 3.78. The van der Waals surface area contributed by atoms with E-state index in [4.69, 9.17) is 16.3 Å². The highest BCUT2D eigenvalue weighted by molar-refractivity contribution is 6.30. The molecule has 2 aliphatic heterocycles. The van der Waals surface area contributed by atoms with E-state index in [1.54, 1.807) is 4.90 Å². The fourth-order valence-corrected chi connectivity index (χ4v) is 3.97. The van der Waals surface area contributed by atoms with Crippen LogP contribution in [-0.4, -0.2) is 90.7 Å². The van der Waals surface area contributed by atoms with Crippen molar-refractivity contribution in [1.29, 1.82) is 0 Å². The van der Waals surface area contributed by atoms with E-state index in [0.717, 1.165) is 62.9 Å². The Labute approximate surface area is 212 Å². The Bertz CT molecular complexity index is 746. The first-order valence-corrected chi connectivity index (χ1v) is 12.8. The molecule has 0 aliphatic carbocycles. The molecule has 2 saturated heterocycles. The molecule has 1 atom stereocenters. The zero-order valence-corrected chi connectivity index (χ0v) is 23.1. The van der Waals surface area contributed by atoms with Gasteiger partial charge in [0, 0.05) is 68.6 Å². The van der Waals surface area contributed by atoms with Crippen LogP contribution in [0.15, 0.2) is 24.3 Å². The summed E-state index contributed by atoms with van der Waals surface area (Å²) in [5.74, 6) is 0. The lowest BCUT2D eigenvalue weighted by atomic mass is 10.2. The molecule has 34 heavy (non-hydrogen) atoms. The van der Waals surface area contributed by atoms with Gasteiger partial charge in [0.25, 0.3) is 0 Å². The molecule has 2 amide bonds. The number of hydrogen-bond donors (Lipinski definition) is 0. The van der Waals surface area contributed by atoms with E-state index in [1.807, 2.05) is 57.7 Å². The largest absolute Gasteiger partial charge is 0.444 e. The maximum atomic E-state index is 11.8. The minimum absolute atomic E-state index is 0.184. The molecule has 8 heteroatoms. The number of carbonyl (C=O) groups excluding carboxylic acids is 2. The summed E-state index contributed by atoms with van der Waals surface area (Å²) >= 11 is 5.96. The van der Waals surface area contributed by atoms with Crippen LogP contribution < -0.4 is 4.90 Å². The Morgan fingerprint density at radius 2 is 1.71 bits per heavy atom. The predicted molar refractivity (Wildman–Crippen MR) is 142 cm³/mol. The molecule has 0 bridgehead atoms. The molecule has 0 aromatic heterocycles. The van der Waals surface area contributed by atoms with Crippen LogP contribution in [0.5, 0.6) is 0 Å². The summed E-state index contributed by atoms with van der Waals surface area (Å²) in [7, 11) is 0. The van der Waals surface area contributed by atoms with Gasteiger partial charge < -0.3 is 19.4 Å². The standard InChI is InChI=1S/C12H15ClN2O.C12H24N2O2.C2H6/c1-10-8-14(5-6-15(10)9-16)12-4-2-3-11(13)7-12;1-10(2)13-6-8-14(9-7-13)11(15)16-12(3,4)5;1-2/h2-4,7,9-10H,5-6,8H2,1H3;10H,6-9H2,1-5H3;1-2H3. The number of anilines is 1. The molecular formula is C26H45ClN4O3. The average molecular weight is 497 g/mol. The van der Waals surface area contributed by atoms with Crippen LogP contribution in [0, 0.1) is 0 Å². The third kappa shape index (κ3) is 10.1. The summed E-state index contributed by atoms with van der Waals surface area (Å²) in [4.78, 5) is 30.8. The van der Waals surface area contributed by atoms with Crippen LogP contribution in [0.1, 0.15) is 55.4 Å². The monoisotopic (exact) mass is 496 g/mol. The molecule has 1 aromatic rings. The van der Waals surface area contributed by atoms with Crippen molar-refractivity contribution in [2.45, 2.75) is 73.1 Å². The molecule has 3 rings (SSSR count). The van der Waals surface area contributed by atoms with Crippen molar-refractivity contribution >= 4 is 29.8 Å². The fraction of sp³-hybridized carbons (Fsp3) is 0.692. The number of halogens is 1. The summed E-state index contributed by atoms with van der Waals surface area (Å²) in [6.45, 7) is 22.0. The van der Waals surface area contributed by atoms with Crippen LogP contribution in [0.3, 0.4) is 0 Å². The van der Waals surface area contributed by atoms with E-state index in [-0.39, 0.29) is 12.1 Å². The number of benzene rings is 1. The Balaban J connectivity index is 0.000000317. The minimum atomic E-state index is -0.397. The number of carbonyl (C=O) groups is 2. The van der Waals surface area contributed by atoms with Gasteiger partial charge in [-0.05, 0) is 59.7 Å². The normalized spacial score (nSPS) is 19.0. The van der Waals surface area contributed by atoms with E-state index in [9.17, 15) is 9.59 Å². The van der Waals surface area contributed by atoms with Crippen molar-refractivity contribution < 1.29 is 14.3 Å². The van der Waals surface area contributed by atoms with E-state index >= 15 is 0 Å². The van der Waals surface area contributed by atoms with Gasteiger partial charge in [0.1, 0.15) is 5.60 Å². The quantitative estimate of drug-likeness (QED) is 0.552. The summed E-state index contributed by atoms with van der Waals surface area (Å²) < 4.78 is 5.34. The molecule has 0 radical (unpaired) electrons. The number of amides is 2. The minimum Gasteiger partial charge on any atom is -0.444 e. The highest BCUT2D eigenvalue weighted by atomic mass is 35.5. The van der Waals surface area contributed by atoms with Crippen molar-refractivity contribution in [3.05, 3.63) is 29.3 Å². The van der Waals surface area contributed by atoms with Gasteiger partial charge in [-0.1, -0.05) is 31.5 Å². The Kier molecular flexibility index (Phi) is 12.7. The first-order valence-electron chi connectivity index (χ1n) is 12.4. The number of hydrogen-bond acceptors (Lipinski definition) is 5. The SMILES string of the molecule is CC.CC(C)N1CCN(C(=O)OC(C)(C)C)CC1.CC1CN(c2cccc(Cl)c2)CCN1C=O. The number of nitrogens with zero attached hydrogens (tertiary/aromatic N) is 4. The lowest BCUT2D eigenvalue weighted by Gasteiger charge is -2.39. The third-order valence-electron chi connectivity index (χ3n) is 5.68. The zero-order chi connectivity index (χ0) is 25.9. The number of ether oxygens (including phenoxy) is 1. The van der Waals surface area contributed by atoms with Gasteiger partial charge in [-0.25, -0.2) is 4.79 Å². The first-order chi connectivity index (χ1) is 16.0. The van der Waals surface area contributed by atoms with Crippen molar-refractivity contribution in [3.63, 3.8) is 0 Å². The second-order valence-corrected chi connectivity index (χ2v) is 10.2. The summed E-state index contributed by atoms with van der Waals surface area (Å²) in [5.41, 5.74) is 0.733. The lowest BCUT2D eigenvalue weighted by Crippen LogP contribution is -2.51.